The maximum absolute atomic E-state index is 15.0. The van der Waals surface area contributed by atoms with Gasteiger partial charge in [0.05, 0.1) is 13.3 Å². The van der Waals surface area contributed by atoms with Gasteiger partial charge in [0, 0.05) is 62.5 Å². The summed E-state index contributed by atoms with van der Waals surface area (Å²) in [6.07, 6.45) is 3.29. The van der Waals surface area contributed by atoms with Crippen molar-refractivity contribution in [2.75, 3.05) is 33.3 Å². The van der Waals surface area contributed by atoms with Crippen molar-refractivity contribution in [2.24, 2.45) is 7.05 Å². The predicted molar refractivity (Wildman–Crippen MR) is 101 cm³/mol. The van der Waals surface area contributed by atoms with E-state index in [1.807, 2.05) is 6.07 Å². The van der Waals surface area contributed by atoms with Crippen LogP contribution in [0.25, 0.3) is 22.0 Å². The smallest absolute Gasteiger partial charge is 0.276 e. The minimum Gasteiger partial charge on any atom is -0.496 e. The fraction of sp³-hybridized carbons (Fsp3) is 0.368. The minimum absolute atomic E-state index is 0.172. The lowest BCUT2D eigenvalue weighted by atomic mass is 10.0. The highest BCUT2D eigenvalue weighted by Gasteiger charge is 2.19. The summed E-state index contributed by atoms with van der Waals surface area (Å²) in [7, 11) is 3.21. The van der Waals surface area contributed by atoms with E-state index in [0.29, 0.717) is 34.3 Å². The number of fused-ring (bicyclic) bond motifs is 1. The number of hydrogen-bond acceptors (Lipinski definition) is 5. The van der Waals surface area contributed by atoms with E-state index in [9.17, 15) is 4.79 Å². The van der Waals surface area contributed by atoms with Gasteiger partial charge in [-0.1, -0.05) is 0 Å². The van der Waals surface area contributed by atoms with Gasteiger partial charge in [-0.15, -0.1) is 0 Å². The van der Waals surface area contributed by atoms with Crippen molar-refractivity contribution in [1.82, 2.24) is 25.0 Å². The first kappa shape index (κ1) is 17.7. The Bertz CT molecular complexity index is 1040. The van der Waals surface area contributed by atoms with Crippen LogP contribution in [0.5, 0.6) is 5.75 Å². The van der Waals surface area contributed by atoms with E-state index >= 15 is 4.39 Å². The summed E-state index contributed by atoms with van der Waals surface area (Å²) in [5, 5.41) is 10.7. The summed E-state index contributed by atoms with van der Waals surface area (Å²) >= 11 is 0. The van der Waals surface area contributed by atoms with E-state index in [1.54, 1.807) is 26.6 Å². The summed E-state index contributed by atoms with van der Waals surface area (Å²) < 4.78 is 22.0. The van der Waals surface area contributed by atoms with Crippen LogP contribution in [-0.2, 0) is 13.6 Å². The van der Waals surface area contributed by atoms with Crippen LogP contribution in [-0.4, -0.2) is 53.0 Å². The van der Waals surface area contributed by atoms with Crippen molar-refractivity contribution in [3.05, 3.63) is 46.3 Å². The van der Waals surface area contributed by atoms with E-state index in [4.69, 9.17) is 4.74 Å². The zero-order chi connectivity index (χ0) is 19.0. The quantitative estimate of drug-likeness (QED) is 0.727. The molecule has 0 radical (unpaired) electrons. The van der Waals surface area contributed by atoms with Crippen molar-refractivity contribution in [2.45, 2.75) is 6.54 Å². The van der Waals surface area contributed by atoms with Gasteiger partial charge in [-0.3, -0.25) is 14.8 Å². The molecule has 0 atom stereocenters. The number of benzene rings is 1. The maximum atomic E-state index is 15.0. The summed E-state index contributed by atoms with van der Waals surface area (Å²) in [6.45, 7) is 4.06. The lowest BCUT2D eigenvalue weighted by Crippen LogP contribution is -2.43. The Labute approximate surface area is 155 Å². The molecule has 2 aromatic heterocycles. The molecule has 8 heteroatoms. The number of methoxy groups -OCH3 is 1. The average molecular weight is 371 g/mol. The van der Waals surface area contributed by atoms with Crippen molar-refractivity contribution in [3.8, 4) is 16.9 Å². The molecule has 4 rings (SSSR count). The Balaban J connectivity index is 1.79. The SMILES string of the molecule is COc1cc(-c2cn(C)c(=O)c3[nH]ncc23)cc(F)c1CN1CCNCC1. The number of aryl methyl sites for hydroxylation is 1. The number of nitrogens with one attached hydrogen (secondary N) is 2. The highest BCUT2D eigenvalue weighted by atomic mass is 19.1. The van der Waals surface area contributed by atoms with Gasteiger partial charge in [0.1, 0.15) is 17.1 Å². The highest BCUT2D eigenvalue weighted by Crippen LogP contribution is 2.33. The molecule has 0 amide bonds. The summed E-state index contributed by atoms with van der Waals surface area (Å²) in [6, 6.07) is 3.33. The lowest BCUT2D eigenvalue weighted by Gasteiger charge is -2.28. The van der Waals surface area contributed by atoms with Gasteiger partial charge >= 0.3 is 0 Å². The first-order valence-corrected chi connectivity index (χ1v) is 8.91. The Hall–Kier alpha value is -2.71. The third-order valence-electron chi connectivity index (χ3n) is 5.06. The highest BCUT2D eigenvalue weighted by molar-refractivity contribution is 5.93. The van der Waals surface area contributed by atoms with Gasteiger partial charge in [0.2, 0.25) is 0 Å². The van der Waals surface area contributed by atoms with Crippen molar-refractivity contribution < 1.29 is 9.13 Å². The second-order valence-electron chi connectivity index (χ2n) is 6.78. The lowest BCUT2D eigenvalue weighted by molar-refractivity contribution is 0.227. The zero-order valence-corrected chi connectivity index (χ0v) is 15.4. The van der Waals surface area contributed by atoms with E-state index in [2.05, 4.69) is 20.4 Å². The second kappa shape index (κ2) is 7.13. The molecular formula is C19H22FN5O2. The molecule has 0 spiro atoms. The normalized spacial score (nSPS) is 15.4. The number of ether oxygens (including phenoxy) is 1. The molecule has 1 aliphatic heterocycles. The average Bonchev–Trinajstić information content (AvgIpc) is 3.17. The fourth-order valence-electron chi connectivity index (χ4n) is 3.58. The van der Waals surface area contributed by atoms with Crippen LogP contribution in [0, 0.1) is 5.82 Å². The number of pyridine rings is 1. The Morgan fingerprint density at radius 1 is 1.30 bits per heavy atom. The zero-order valence-electron chi connectivity index (χ0n) is 15.4. The summed E-state index contributed by atoms with van der Waals surface area (Å²) in [5.74, 6) is 0.197. The molecule has 0 aliphatic carbocycles. The van der Waals surface area contributed by atoms with Crippen LogP contribution < -0.4 is 15.6 Å². The molecule has 27 heavy (non-hydrogen) atoms. The fourth-order valence-corrected chi connectivity index (χ4v) is 3.58. The van der Waals surface area contributed by atoms with E-state index in [1.165, 1.54) is 10.6 Å². The van der Waals surface area contributed by atoms with E-state index in [-0.39, 0.29) is 11.4 Å². The third kappa shape index (κ3) is 3.22. The Morgan fingerprint density at radius 3 is 2.81 bits per heavy atom. The molecule has 3 heterocycles. The number of nitrogens with zero attached hydrogens (tertiary/aromatic N) is 3. The maximum Gasteiger partial charge on any atom is 0.276 e. The second-order valence-corrected chi connectivity index (χ2v) is 6.78. The molecule has 3 aromatic rings. The Kier molecular flexibility index (Phi) is 4.67. The molecule has 1 aromatic carbocycles. The molecule has 1 saturated heterocycles. The molecular weight excluding hydrogens is 349 g/mol. The van der Waals surface area contributed by atoms with Crippen molar-refractivity contribution in [1.29, 1.82) is 0 Å². The first-order chi connectivity index (χ1) is 13.1. The standard InChI is InChI=1S/C19H22FN5O2/c1-24-10-14(13-9-22-23-18(13)19(24)26)12-7-16(20)15(17(8-12)27-2)11-25-5-3-21-4-6-25/h7-10,21H,3-6,11H2,1-2H3,(H,22,23). The number of aromatic amines is 1. The van der Waals surface area contributed by atoms with Crippen LogP contribution >= 0.6 is 0 Å². The van der Waals surface area contributed by atoms with E-state index < -0.39 is 0 Å². The van der Waals surface area contributed by atoms with Crippen LogP contribution in [0.3, 0.4) is 0 Å². The molecule has 2 N–H and O–H groups in total. The molecule has 142 valence electrons. The van der Waals surface area contributed by atoms with Crippen molar-refractivity contribution >= 4 is 10.9 Å². The number of aromatic nitrogens is 3. The molecule has 0 saturated carbocycles. The minimum atomic E-state index is -0.312. The van der Waals surface area contributed by atoms with Crippen LogP contribution in [0.1, 0.15) is 5.56 Å². The topological polar surface area (TPSA) is 75.2 Å². The molecule has 0 bridgehead atoms. The summed E-state index contributed by atoms with van der Waals surface area (Å²) in [5.41, 5.74) is 2.16. The molecule has 0 unspecified atom stereocenters. The van der Waals surface area contributed by atoms with Gasteiger partial charge in [-0.25, -0.2) is 4.39 Å². The number of H-pyrrole nitrogens is 1. The van der Waals surface area contributed by atoms with Crippen LogP contribution in [0.4, 0.5) is 4.39 Å². The molecule has 1 fully saturated rings. The molecule has 7 nitrogen and oxygen atoms in total. The number of rotatable bonds is 4. The monoisotopic (exact) mass is 371 g/mol. The van der Waals surface area contributed by atoms with Gasteiger partial charge in [-0.2, -0.15) is 5.10 Å². The largest absolute Gasteiger partial charge is 0.496 e. The number of piperazine rings is 1. The van der Waals surface area contributed by atoms with Crippen LogP contribution in [0.2, 0.25) is 0 Å². The van der Waals surface area contributed by atoms with Gasteiger partial charge in [-0.05, 0) is 17.7 Å². The van der Waals surface area contributed by atoms with Crippen LogP contribution in [0.15, 0.2) is 29.3 Å². The predicted octanol–water partition coefficient (Wildman–Crippen LogP) is 1.48. The number of halogens is 1. The van der Waals surface area contributed by atoms with Gasteiger partial charge in [0.15, 0.2) is 0 Å². The van der Waals surface area contributed by atoms with E-state index in [0.717, 1.165) is 31.7 Å². The Morgan fingerprint density at radius 2 is 2.07 bits per heavy atom. The van der Waals surface area contributed by atoms with Crippen molar-refractivity contribution in [3.63, 3.8) is 0 Å². The number of hydrogen-bond donors (Lipinski definition) is 2. The third-order valence-corrected chi connectivity index (χ3v) is 5.06. The molecule has 1 aliphatic rings. The summed E-state index contributed by atoms with van der Waals surface area (Å²) in [4.78, 5) is 14.4. The first-order valence-electron chi connectivity index (χ1n) is 8.91. The van der Waals surface area contributed by atoms with Gasteiger partial charge in [0.25, 0.3) is 5.56 Å². The van der Waals surface area contributed by atoms with Gasteiger partial charge < -0.3 is 14.6 Å².